The van der Waals surface area contributed by atoms with E-state index in [4.69, 9.17) is 23.2 Å². The van der Waals surface area contributed by atoms with Gasteiger partial charge in [-0.3, -0.25) is 9.88 Å². The molecule has 11 heteroatoms. The van der Waals surface area contributed by atoms with Gasteiger partial charge in [0, 0.05) is 42.1 Å². The maximum absolute atomic E-state index is 13.9. The predicted molar refractivity (Wildman–Crippen MR) is 173 cm³/mol. The van der Waals surface area contributed by atoms with Gasteiger partial charge in [0.05, 0.1) is 39.1 Å². The van der Waals surface area contributed by atoms with E-state index in [-0.39, 0.29) is 17.1 Å². The van der Waals surface area contributed by atoms with Gasteiger partial charge in [0.15, 0.2) is 0 Å². The van der Waals surface area contributed by atoms with E-state index in [0.717, 1.165) is 37.3 Å². The molecule has 1 aliphatic rings. The van der Waals surface area contributed by atoms with Gasteiger partial charge in [-0.25, -0.2) is 9.07 Å². The molecule has 6 rings (SSSR count). The maximum atomic E-state index is 13.9. The molecule has 0 bridgehead atoms. The molecule has 2 N–H and O–H groups in total. The summed E-state index contributed by atoms with van der Waals surface area (Å²) in [6, 6.07) is 16.6. The topological polar surface area (TPSA) is 94.7 Å². The number of anilines is 3. The second-order valence-corrected chi connectivity index (χ2v) is 12.0. The van der Waals surface area contributed by atoms with E-state index >= 15 is 0 Å². The van der Waals surface area contributed by atoms with Crippen molar-refractivity contribution in [2.24, 2.45) is 0 Å². The smallest absolute Gasteiger partial charge is 0.141 e. The van der Waals surface area contributed by atoms with Crippen molar-refractivity contribution in [3.8, 4) is 6.07 Å². The summed E-state index contributed by atoms with van der Waals surface area (Å²) in [7, 11) is 0. The van der Waals surface area contributed by atoms with Crippen molar-refractivity contribution in [3.63, 3.8) is 0 Å². The number of halogens is 3. The molecule has 2 aromatic heterocycles. The van der Waals surface area contributed by atoms with Crippen LogP contribution < -0.4 is 10.6 Å². The van der Waals surface area contributed by atoms with Gasteiger partial charge in [-0.15, -0.1) is 5.10 Å². The first kappa shape index (κ1) is 29.8. The Kier molecular flexibility index (Phi) is 8.41. The molecule has 224 valence electrons. The first-order valence-corrected chi connectivity index (χ1v) is 15.3. The van der Waals surface area contributed by atoms with Gasteiger partial charge in [-0.05, 0) is 73.8 Å². The Morgan fingerprint density at radius 2 is 1.86 bits per heavy atom. The Hall–Kier alpha value is -4.23. The van der Waals surface area contributed by atoms with Crippen LogP contribution in [0.5, 0.6) is 0 Å². The van der Waals surface area contributed by atoms with Crippen molar-refractivity contribution in [1.29, 1.82) is 5.26 Å². The first-order chi connectivity index (χ1) is 21.2. The summed E-state index contributed by atoms with van der Waals surface area (Å²) in [5.41, 5.74) is 7.02. The molecule has 1 unspecified atom stereocenters. The number of fused-ring (bicyclic) bond motifs is 2. The molecular weight excluding hydrogens is 598 g/mol. The molecule has 8 nitrogen and oxygen atoms in total. The van der Waals surface area contributed by atoms with E-state index in [1.54, 1.807) is 6.07 Å². The summed E-state index contributed by atoms with van der Waals surface area (Å²) in [4.78, 5) is 6.91. The third-order valence-corrected chi connectivity index (χ3v) is 8.58. The first-order valence-electron chi connectivity index (χ1n) is 14.5. The fourth-order valence-electron chi connectivity index (χ4n) is 5.54. The van der Waals surface area contributed by atoms with Crippen LogP contribution >= 0.6 is 23.2 Å². The third-order valence-electron chi connectivity index (χ3n) is 8.00. The highest BCUT2D eigenvalue weighted by molar-refractivity contribution is 6.36. The van der Waals surface area contributed by atoms with Crippen LogP contribution in [0.25, 0.3) is 10.9 Å². The number of pyridine rings is 1. The van der Waals surface area contributed by atoms with Gasteiger partial charge >= 0.3 is 0 Å². The monoisotopic (exact) mass is 628 g/mol. The number of likely N-dealkylation sites (N-methyl/N-ethyl adjacent to an activating group) is 1. The molecule has 0 amide bonds. The second kappa shape index (κ2) is 12.4. The molecule has 1 atom stereocenters. The number of nitriles is 1. The van der Waals surface area contributed by atoms with Crippen LogP contribution in [0.1, 0.15) is 60.8 Å². The van der Waals surface area contributed by atoms with Gasteiger partial charge in [-0.1, -0.05) is 53.5 Å². The lowest BCUT2D eigenvalue weighted by molar-refractivity contribution is 0.268. The zero-order valence-electron chi connectivity index (χ0n) is 24.6. The number of aromatic nitrogens is 4. The fourth-order valence-corrected chi connectivity index (χ4v) is 5.98. The summed E-state index contributed by atoms with van der Waals surface area (Å²) in [5, 5.41) is 26.7. The van der Waals surface area contributed by atoms with Gasteiger partial charge in [-0.2, -0.15) is 5.26 Å². The summed E-state index contributed by atoms with van der Waals surface area (Å²) in [5.74, 6) is -0.531. The molecule has 0 radical (unpaired) electrons. The molecule has 5 aromatic rings. The lowest BCUT2D eigenvalue weighted by Gasteiger charge is -2.29. The van der Waals surface area contributed by atoms with E-state index in [0.29, 0.717) is 38.6 Å². The van der Waals surface area contributed by atoms with E-state index in [1.807, 2.05) is 23.0 Å². The summed E-state index contributed by atoms with van der Waals surface area (Å²) < 4.78 is 15.7. The van der Waals surface area contributed by atoms with Gasteiger partial charge < -0.3 is 10.6 Å². The minimum absolute atomic E-state index is 0.0309. The normalized spacial score (nSPS) is 14.0. The average molecular weight is 630 g/mol. The molecule has 0 aliphatic carbocycles. The Morgan fingerprint density at radius 3 is 2.59 bits per heavy atom. The highest BCUT2D eigenvalue weighted by Gasteiger charge is 2.23. The van der Waals surface area contributed by atoms with Crippen LogP contribution in [0.3, 0.4) is 0 Å². The minimum Gasteiger partial charge on any atom is -0.373 e. The summed E-state index contributed by atoms with van der Waals surface area (Å²) in [6.07, 6.45) is 4.45. The van der Waals surface area contributed by atoms with Gasteiger partial charge in [0.1, 0.15) is 17.6 Å². The summed E-state index contributed by atoms with van der Waals surface area (Å²) in [6.45, 7) is 9.27. The van der Waals surface area contributed by atoms with Crippen molar-refractivity contribution in [3.05, 3.63) is 105 Å². The SMILES string of the molecule is CCN1CCc2ccc(C(Nc3cc(Cl)c4ncc(C#N)c(Nc5ccc(F)c(Cl)c5)c4c3)c3cn(C(C)C)nn3)cc2C1. The van der Waals surface area contributed by atoms with Crippen LogP contribution in [0.15, 0.2) is 60.9 Å². The quantitative estimate of drug-likeness (QED) is 0.179. The van der Waals surface area contributed by atoms with E-state index in [1.165, 1.54) is 29.5 Å². The number of nitrogens with zero attached hydrogens (tertiary/aromatic N) is 6. The second-order valence-electron chi connectivity index (χ2n) is 11.2. The van der Waals surface area contributed by atoms with Crippen molar-refractivity contribution < 1.29 is 4.39 Å². The molecular formula is C33H31Cl2FN8. The lowest BCUT2D eigenvalue weighted by Crippen LogP contribution is -2.30. The largest absolute Gasteiger partial charge is 0.373 e. The molecule has 44 heavy (non-hydrogen) atoms. The number of rotatable bonds is 8. The number of nitrogens with one attached hydrogen (secondary N) is 2. The number of benzene rings is 3. The molecule has 0 saturated carbocycles. The van der Waals surface area contributed by atoms with Crippen molar-refractivity contribution in [1.82, 2.24) is 24.9 Å². The van der Waals surface area contributed by atoms with E-state index in [2.05, 4.69) is 75.9 Å². The Morgan fingerprint density at radius 1 is 1.05 bits per heavy atom. The third kappa shape index (κ3) is 5.93. The van der Waals surface area contributed by atoms with Crippen molar-refractivity contribution in [2.45, 2.75) is 45.8 Å². The van der Waals surface area contributed by atoms with Gasteiger partial charge in [0.25, 0.3) is 0 Å². The lowest BCUT2D eigenvalue weighted by atomic mass is 9.93. The van der Waals surface area contributed by atoms with Crippen LogP contribution in [0.2, 0.25) is 10.0 Å². The molecule has 3 heterocycles. The maximum Gasteiger partial charge on any atom is 0.141 e. The molecule has 0 fully saturated rings. The highest BCUT2D eigenvalue weighted by atomic mass is 35.5. The highest BCUT2D eigenvalue weighted by Crippen LogP contribution is 2.37. The fraction of sp³-hybridized carbons (Fsp3) is 0.273. The zero-order valence-corrected chi connectivity index (χ0v) is 26.1. The Labute approximate surface area is 265 Å². The van der Waals surface area contributed by atoms with Crippen LogP contribution in [-0.4, -0.2) is 38.0 Å². The minimum atomic E-state index is -0.531. The average Bonchev–Trinajstić information content (AvgIpc) is 3.52. The van der Waals surface area contributed by atoms with Gasteiger partial charge in [0.2, 0.25) is 0 Å². The molecule has 3 aromatic carbocycles. The molecule has 0 saturated heterocycles. The number of hydrogen-bond donors (Lipinski definition) is 2. The van der Waals surface area contributed by atoms with Crippen LogP contribution in [-0.2, 0) is 13.0 Å². The van der Waals surface area contributed by atoms with Crippen LogP contribution in [0, 0.1) is 17.1 Å². The Balaban J connectivity index is 1.44. The number of hydrogen-bond acceptors (Lipinski definition) is 7. The summed E-state index contributed by atoms with van der Waals surface area (Å²) >= 11 is 12.8. The van der Waals surface area contributed by atoms with E-state index in [9.17, 15) is 9.65 Å². The predicted octanol–water partition coefficient (Wildman–Crippen LogP) is 8.05. The molecule has 0 spiro atoms. The zero-order chi connectivity index (χ0) is 31.0. The van der Waals surface area contributed by atoms with Crippen molar-refractivity contribution in [2.75, 3.05) is 23.7 Å². The van der Waals surface area contributed by atoms with Crippen molar-refractivity contribution >= 4 is 51.2 Å². The molecule has 1 aliphatic heterocycles. The Bertz CT molecular complexity index is 1900. The standard InChI is InChI=1S/C33H31Cl2FN8/c1-4-43-10-9-20-5-6-21(11-22(20)17-43)32(30-18-44(19(2)3)42-41-30)40-25-12-26-31(39-24-7-8-29(36)27(34)13-24)23(15-37)16-38-33(26)28(35)14-25/h5-8,11-14,16,18-19,32,40H,4,9-10,17H2,1-3H3,(H,38,39). The van der Waals surface area contributed by atoms with Crippen LogP contribution in [0.4, 0.5) is 21.5 Å². The van der Waals surface area contributed by atoms with E-state index < -0.39 is 5.82 Å².